The minimum atomic E-state index is -4.71. The molecule has 3 aromatic carbocycles. The van der Waals surface area contributed by atoms with Crippen molar-refractivity contribution >= 4 is 39.9 Å². The molecule has 0 aliphatic carbocycles. The molecule has 9 nitrogen and oxygen atoms in total. The van der Waals surface area contributed by atoms with Crippen LogP contribution in [0.2, 0.25) is 5.02 Å². The summed E-state index contributed by atoms with van der Waals surface area (Å²) >= 11 is 5.61. The number of fused-ring (bicyclic) bond motifs is 3. The number of carbonyl (C=O) groups is 1. The van der Waals surface area contributed by atoms with Crippen LogP contribution in [0, 0.1) is 5.82 Å². The molecule has 2 amide bonds. The Morgan fingerprint density at radius 2 is 1.67 bits per heavy atom. The van der Waals surface area contributed by atoms with Gasteiger partial charge in [-0.15, -0.1) is 0 Å². The van der Waals surface area contributed by atoms with E-state index in [1.165, 1.54) is 24.4 Å². The Labute approximate surface area is 247 Å². The number of aromatic nitrogens is 1. The lowest BCUT2D eigenvalue weighted by molar-refractivity contribution is -0.137. The molecule has 226 valence electrons. The molecule has 2 heterocycles. The highest BCUT2D eigenvalue weighted by atomic mass is 35.5. The fourth-order valence-corrected chi connectivity index (χ4v) is 4.47. The first kappa shape index (κ1) is 30.0. The molecule has 43 heavy (non-hydrogen) atoms. The summed E-state index contributed by atoms with van der Waals surface area (Å²) in [6.45, 7) is 1.48. The van der Waals surface area contributed by atoms with E-state index in [2.05, 4.69) is 15.6 Å². The van der Waals surface area contributed by atoms with E-state index < -0.39 is 28.6 Å². The average Bonchev–Trinajstić information content (AvgIpc) is 2.97. The summed E-state index contributed by atoms with van der Waals surface area (Å²) in [4.78, 5) is 16.8. The summed E-state index contributed by atoms with van der Waals surface area (Å²) in [5.41, 5.74) is -0.768. The first-order valence-corrected chi connectivity index (χ1v) is 13.3. The lowest BCUT2D eigenvalue weighted by Crippen LogP contribution is -2.20. The van der Waals surface area contributed by atoms with Crippen molar-refractivity contribution in [1.29, 1.82) is 0 Å². The number of ether oxygens (including phenoxy) is 5. The summed E-state index contributed by atoms with van der Waals surface area (Å²) < 4.78 is 83.0. The molecule has 0 spiro atoms. The monoisotopic (exact) mass is 621 g/mol. The highest BCUT2D eigenvalue weighted by Crippen LogP contribution is 2.48. The van der Waals surface area contributed by atoms with Crippen molar-refractivity contribution in [3.8, 4) is 28.7 Å². The number of methoxy groups -OCH3 is 1. The van der Waals surface area contributed by atoms with Crippen molar-refractivity contribution in [2.24, 2.45) is 0 Å². The summed E-state index contributed by atoms with van der Waals surface area (Å²) in [5, 5.41) is 4.57. The van der Waals surface area contributed by atoms with Crippen LogP contribution in [0.3, 0.4) is 0 Å². The first-order chi connectivity index (χ1) is 20.6. The third kappa shape index (κ3) is 6.95. The average molecular weight is 622 g/mol. The number of hydrogen-bond acceptors (Lipinski definition) is 7. The van der Waals surface area contributed by atoms with Crippen LogP contribution in [0.1, 0.15) is 12.0 Å². The van der Waals surface area contributed by atoms with E-state index >= 15 is 4.39 Å². The number of halogens is 5. The summed E-state index contributed by atoms with van der Waals surface area (Å²) in [6, 6.07) is 8.90. The third-order valence-corrected chi connectivity index (χ3v) is 6.46. The van der Waals surface area contributed by atoms with Gasteiger partial charge in [0.2, 0.25) is 5.75 Å². The van der Waals surface area contributed by atoms with Crippen molar-refractivity contribution in [3.05, 3.63) is 71.1 Å². The summed E-state index contributed by atoms with van der Waals surface area (Å²) in [5.74, 6) is 0.409. The fraction of sp³-hybridized carbons (Fsp3) is 0.241. The molecule has 5 rings (SSSR count). The molecular weight excluding hydrogens is 598 g/mol. The number of urea groups is 1. The van der Waals surface area contributed by atoms with Gasteiger partial charge < -0.3 is 34.3 Å². The number of rotatable bonds is 9. The fourth-order valence-electron chi connectivity index (χ4n) is 4.25. The van der Waals surface area contributed by atoms with Crippen LogP contribution >= 0.6 is 11.6 Å². The lowest BCUT2D eigenvalue weighted by Gasteiger charge is -2.23. The molecule has 0 fully saturated rings. The molecule has 1 aromatic heterocycles. The number of nitrogens with one attached hydrogen (secondary N) is 2. The maximum absolute atomic E-state index is 15.1. The van der Waals surface area contributed by atoms with Gasteiger partial charge in [-0.2, -0.15) is 13.2 Å². The molecule has 2 N–H and O–H groups in total. The van der Waals surface area contributed by atoms with E-state index in [4.69, 9.17) is 35.3 Å². The summed E-state index contributed by atoms with van der Waals surface area (Å²) in [7, 11) is 1.60. The quantitative estimate of drug-likeness (QED) is 0.146. The number of carbonyl (C=O) groups excluding carboxylic acids is 1. The van der Waals surface area contributed by atoms with Crippen molar-refractivity contribution < 1.29 is 46.0 Å². The molecule has 0 bridgehead atoms. The van der Waals surface area contributed by atoms with Crippen LogP contribution < -0.4 is 29.6 Å². The second-order valence-electron chi connectivity index (χ2n) is 9.15. The van der Waals surface area contributed by atoms with E-state index in [1.807, 2.05) is 0 Å². The van der Waals surface area contributed by atoms with Crippen LogP contribution in [0.25, 0.3) is 10.9 Å². The summed E-state index contributed by atoms with van der Waals surface area (Å²) in [6.07, 6.45) is -2.56. The minimum absolute atomic E-state index is 0.0244. The van der Waals surface area contributed by atoms with Gasteiger partial charge in [-0.25, -0.2) is 9.18 Å². The largest absolute Gasteiger partial charge is 0.489 e. The number of nitrogens with zero attached hydrogens (tertiary/aromatic N) is 1. The molecular formula is C29H24ClF4N3O6. The van der Waals surface area contributed by atoms with Crippen LogP contribution in [-0.4, -0.2) is 44.6 Å². The molecule has 0 atom stereocenters. The lowest BCUT2D eigenvalue weighted by atomic mass is 10.1. The van der Waals surface area contributed by atoms with Gasteiger partial charge in [0.05, 0.1) is 28.1 Å². The first-order valence-electron chi connectivity index (χ1n) is 12.9. The van der Waals surface area contributed by atoms with E-state index in [1.54, 1.807) is 19.2 Å². The number of anilines is 2. The van der Waals surface area contributed by atoms with Gasteiger partial charge in [0, 0.05) is 49.8 Å². The van der Waals surface area contributed by atoms with E-state index in [0.717, 1.165) is 12.1 Å². The third-order valence-electron chi connectivity index (χ3n) is 6.13. The van der Waals surface area contributed by atoms with Gasteiger partial charge in [-0.1, -0.05) is 11.6 Å². The van der Waals surface area contributed by atoms with Gasteiger partial charge in [-0.05, 0) is 36.4 Å². The topological polar surface area (TPSA) is 100 Å². The Balaban J connectivity index is 1.34. The van der Waals surface area contributed by atoms with Gasteiger partial charge in [0.25, 0.3) is 0 Å². The zero-order valence-electron chi connectivity index (χ0n) is 22.5. The Hall–Kier alpha value is -4.49. The molecule has 14 heteroatoms. The number of alkyl halides is 3. The second kappa shape index (κ2) is 12.8. The molecule has 1 aliphatic heterocycles. The Kier molecular flexibility index (Phi) is 8.92. The van der Waals surface area contributed by atoms with Crippen molar-refractivity contribution in [2.45, 2.75) is 12.6 Å². The maximum Gasteiger partial charge on any atom is 0.417 e. The standard InChI is InChI=1S/C29H24ClF4N3O6/c1-39-9-2-10-40-24-15-21-25(27-26(24)41-11-12-42-27)23(7-8-35-21)43-22-6-4-17(14-20(22)31)37-28(38)36-16-3-5-19(30)18(13-16)29(32,33)34/h3-8,13-15H,2,9-12H2,1H3,(H2,36,37,38). The molecule has 0 radical (unpaired) electrons. The van der Waals surface area contributed by atoms with Gasteiger partial charge in [0.1, 0.15) is 19.0 Å². The highest BCUT2D eigenvalue weighted by molar-refractivity contribution is 6.31. The van der Waals surface area contributed by atoms with E-state index in [0.29, 0.717) is 60.5 Å². The van der Waals surface area contributed by atoms with Crippen LogP contribution in [0.5, 0.6) is 28.7 Å². The molecule has 1 aliphatic rings. The second-order valence-corrected chi connectivity index (χ2v) is 9.55. The van der Waals surface area contributed by atoms with Gasteiger partial charge >= 0.3 is 12.2 Å². The van der Waals surface area contributed by atoms with Crippen LogP contribution in [-0.2, 0) is 10.9 Å². The number of pyridine rings is 1. The smallest absolute Gasteiger partial charge is 0.417 e. The molecule has 0 saturated heterocycles. The van der Waals surface area contributed by atoms with Gasteiger partial charge in [0.15, 0.2) is 23.1 Å². The Bertz CT molecular complexity index is 1650. The normalized spacial score (nSPS) is 12.6. The van der Waals surface area contributed by atoms with E-state index in [-0.39, 0.29) is 29.5 Å². The Morgan fingerprint density at radius 1 is 0.953 bits per heavy atom. The zero-order valence-corrected chi connectivity index (χ0v) is 23.3. The van der Waals surface area contributed by atoms with Crippen molar-refractivity contribution in [2.75, 3.05) is 44.2 Å². The molecule has 0 unspecified atom stereocenters. The molecule has 4 aromatic rings. The SMILES string of the molecule is COCCCOc1cc2nccc(Oc3ccc(NC(=O)Nc4ccc(Cl)c(C(F)(F)F)c4)cc3F)c2c2c1OCCO2. The Morgan fingerprint density at radius 3 is 2.40 bits per heavy atom. The number of amides is 2. The highest BCUT2D eigenvalue weighted by Gasteiger charge is 2.33. The van der Waals surface area contributed by atoms with Gasteiger partial charge in [-0.3, -0.25) is 4.98 Å². The number of hydrogen-bond donors (Lipinski definition) is 2. The minimum Gasteiger partial charge on any atom is -0.489 e. The zero-order chi connectivity index (χ0) is 30.6. The van der Waals surface area contributed by atoms with Crippen molar-refractivity contribution in [3.63, 3.8) is 0 Å². The van der Waals surface area contributed by atoms with Crippen LogP contribution in [0.15, 0.2) is 54.7 Å². The predicted molar refractivity (Wildman–Crippen MR) is 150 cm³/mol. The van der Waals surface area contributed by atoms with Crippen molar-refractivity contribution in [1.82, 2.24) is 4.98 Å². The number of benzene rings is 3. The van der Waals surface area contributed by atoms with E-state index in [9.17, 15) is 18.0 Å². The maximum atomic E-state index is 15.1. The van der Waals surface area contributed by atoms with Crippen LogP contribution in [0.4, 0.5) is 33.7 Å². The molecule has 0 saturated carbocycles. The predicted octanol–water partition coefficient (Wildman–Crippen LogP) is 7.67.